The summed E-state index contributed by atoms with van der Waals surface area (Å²) in [5.41, 5.74) is 1.13. The molecule has 1 aromatic heterocycles. The highest BCUT2D eigenvalue weighted by Gasteiger charge is 2.27. The van der Waals surface area contributed by atoms with Gasteiger partial charge in [0, 0.05) is 20.1 Å². The Labute approximate surface area is 148 Å². The predicted molar refractivity (Wildman–Crippen MR) is 93.9 cm³/mol. The minimum Gasteiger partial charge on any atom is -0.367 e. The normalized spacial score (nSPS) is 19.6. The van der Waals surface area contributed by atoms with Gasteiger partial charge in [0.05, 0.1) is 19.2 Å². The number of nitrogens with one attached hydrogen (secondary N) is 1. The Bertz CT molecular complexity index is 703. The highest BCUT2D eigenvalue weighted by Crippen LogP contribution is 2.21. The molecule has 1 amide bonds. The molecule has 25 heavy (non-hydrogen) atoms. The Morgan fingerprint density at radius 3 is 2.88 bits per heavy atom. The van der Waals surface area contributed by atoms with Crippen molar-refractivity contribution in [3.05, 3.63) is 47.5 Å². The third-order valence-electron chi connectivity index (χ3n) is 4.67. The van der Waals surface area contributed by atoms with E-state index >= 15 is 0 Å². The van der Waals surface area contributed by atoms with E-state index in [-0.39, 0.29) is 18.1 Å². The van der Waals surface area contributed by atoms with Crippen LogP contribution in [-0.4, -0.2) is 64.2 Å². The maximum Gasteiger partial charge on any atom is 0.236 e. The maximum atomic E-state index is 12.7. The first-order valence-electron chi connectivity index (χ1n) is 8.58. The number of rotatable bonds is 5. The molecule has 0 spiro atoms. The number of hydrogen-bond acceptors (Lipinski definition) is 5. The van der Waals surface area contributed by atoms with Crippen LogP contribution in [0.3, 0.4) is 0 Å². The van der Waals surface area contributed by atoms with Gasteiger partial charge in [-0.1, -0.05) is 30.3 Å². The second-order valence-electron chi connectivity index (χ2n) is 6.46. The van der Waals surface area contributed by atoms with Gasteiger partial charge in [-0.3, -0.25) is 14.8 Å². The minimum atomic E-state index is -0.191. The molecular weight excluding hydrogens is 318 g/mol. The lowest BCUT2D eigenvalue weighted by Crippen LogP contribution is -2.45. The molecule has 0 bridgehead atoms. The molecule has 1 N–H and O–H groups in total. The molecule has 2 heterocycles. The van der Waals surface area contributed by atoms with Crippen molar-refractivity contribution in [3.63, 3.8) is 0 Å². The zero-order chi connectivity index (χ0) is 17.8. The molecule has 1 aromatic carbocycles. The first kappa shape index (κ1) is 17.6. The number of aromatic amines is 1. The van der Waals surface area contributed by atoms with Crippen molar-refractivity contribution >= 4 is 5.91 Å². The van der Waals surface area contributed by atoms with Crippen molar-refractivity contribution in [2.75, 3.05) is 33.3 Å². The number of ether oxygens (including phenoxy) is 1. The molecule has 0 radical (unpaired) electrons. The van der Waals surface area contributed by atoms with E-state index in [1.807, 2.05) is 51.2 Å². The summed E-state index contributed by atoms with van der Waals surface area (Å²) in [7, 11) is 1.86. The van der Waals surface area contributed by atoms with Crippen LogP contribution in [0.15, 0.2) is 30.3 Å². The number of benzene rings is 1. The summed E-state index contributed by atoms with van der Waals surface area (Å²) in [6.07, 6.45) is -0.191. The van der Waals surface area contributed by atoms with Gasteiger partial charge in [0.2, 0.25) is 5.91 Å². The number of carbonyl (C=O) groups excluding carboxylic acids is 1. The minimum absolute atomic E-state index is 0.0428. The fourth-order valence-electron chi connectivity index (χ4n) is 2.98. The Morgan fingerprint density at radius 1 is 1.44 bits per heavy atom. The number of morpholine rings is 1. The Hall–Kier alpha value is -2.25. The van der Waals surface area contributed by atoms with Crippen LogP contribution >= 0.6 is 0 Å². The molecule has 1 fully saturated rings. The van der Waals surface area contributed by atoms with Gasteiger partial charge in [0.15, 0.2) is 5.82 Å². The number of aryl methyl sites for hydroxylation is 1. The molecular formula is C18H25N5O2. The van der Waals surface area contributed by atoms with Gasteiger partial charge in [-0.05, 0) is 19.4 Å². The lowest BCUT2D eigenvalue weighted by molar-refractivity contribution is -0.135. The van der Waals surface area contributed by atoms with Crippen LogP contribution in [0.1, 0.15) is 36.3 Å². The largest absolute Gasteiger partial charge is 0.367 e. The number of carbonyl (C=O) groups is 1. The average Bonchev–Trinajstić information content (AvgIpc) is 3.08. The van der Waals surface area contributed by atoms with Gasteiger partial charge in [-0.15, -0.1) is 0 Å². The highest BCUT2D eigenvalue weighted by molar-refractivity contribution is 5.78. The molecule has 0 unspecified atom stereocenters. The molecule has 134 valence electrons. The van der Waals surface area contributed by atoms with Crippen LogP contribution < -0.4 is 0 Å². The summed E-state index contributed by atoms with van der Waals surface area (Å²) in [6, 6.07) is 10.1. The number of hydrogen-bond donors (Lipinski definition) is 1. The molecule has 0 saturated carbocycles. The summed E-state index contributed by atoms with van der Waals surface area (Å²) in [4.78, 5) is 20.9. The molecule has 2 aromatic rings. The van der Waals surface area contributed by atoms with Crippen LogP contribution in [-0.2, 0) is 9.53 Å². The lowest BCUT2D eigenvalue weighted by atomic mass is 10.1. The highest BCUT2D eigenvalue weighted by atomic mass is 16.5. The molecule has 0 aliphatic carbocycles. The monoisotopic (exact) mass is 343 g/mol. The van der Waals surface area contributed by atoms with E-state index in [1.165, 1.54) is 0 Å². The Balaban J connectivity index is 1.58. The Kier molecular flexibility index (Phi) is 5.45. The van der Waals surface area contributed by atoms with E-state index in [2.05, 4.69) is 20.1 Å². The van der Waals surface area contributed by atoms with Gasteiger partial charge in [-0.25, -0.2) is 4.98 Å². The third-order valence-corrected chi connectivity index (χ3v) is 4.67. The first-order chi connectivity index (χ1) is 12.0. The van der Waals surface area contributed by atoms with Crippen molar-refractivity contribution < 1.29 is 9.53 Å². The Morgan fingerprint density at radius 2 is 2.20 bits per heavy atom. The topological polar surface area (TPSA) is 74.3 Å². The van der Waals surface area contributed by atoms with Crippen LogP contribution in [0.5, 0.6) is 0 Å². The lowest BCUT2D eigenvalue weighted by Gasteiger charge is -2.33. The summed E-state index contributed by atoms with van der Waals surface area (Å²) in [5, 5.41) is 7.01. The molecule has 1 saturated heterocycles. The molecule has 3 rings (SSSR count). The average molecular weight is 343 g/mol. The van der Waals surface area contributed by atoms with Gasteiger partial charge in [-0.2, -0.15) is 5.10 Å². The summed E-state index contributed by atoms with van der Waals surface area (Å²) < 4.78 is 5.75. The quantitative estimate of drug-likeness (QED) is 0.894. The predicted octanol–water partition coefficient (Wildman–Crippen LogP) is 1.71. The second-order valence-corrected chi connectivity index (χ2v) is 6.46. The summed E-state index contributed by atoms with van der Waals surface area (Å²) >= 11 is 0. The molecule has 7 nitrogen and oxygen atoms in total. The van der Waals surface area contributed by atoms with E-state index in [1.54, 1.807) is 4.90 Å². The number of likely N-dealkylation sites (N-methyl/N-ethyl adjacent to an activating group) is 1. The van der Waals surface area contributed by atoms with Crippen molar-refractivity contribution in [1.82, 2.24) is 25.0 Å². The number of nitrogens with zero attached hydrogens (tertiary/aromatic N) is 4. The van der Waals surface area contributed by atoms with Gasteiger partial charge < -0.3 is 9.64 Å². The fraction of sp³-hybridized carbons (Fsp3) is 0.500. The summed E-state index contributed by atoms with van der Waals surface area (Å²) in [5.74, 6) is 1.52. The van der Waals surface area contributed by atoms with Crippen LogP contribution in [0, 0.1) is 6.92 Å². The smallest absolute Gasteiger partial charge is 0.236 e. The van der Waals surface area contributed by atoms with E-state index < -0.39 is 0 Å². The van der Waals surface area contributed by atoms with Gasteiger partial charge >= 0.3 is 0 Å². The second kappa shape index (κ2) is 7.76. The fourth-order valence-corrected chi connectivity index (χ4v) is 2.98. The number of H-pyrrole nitrogens is 1. The van der Waals surface area contributed by atoms with E-state index in [9.17, 15) is 4.79 Å². The van der Waals surface area contributed by atoms with Gasteiger partial charge in [0.1, 0.15) is 11.9 Å². The SMILES string of the molecule is Cc1nc([C@@H]2CN(CC(=O)N(C)[C@H](C)c3ccccc3)CCO2)n[nH]1. The first-order valence-corrected chi connectivity index (χ1v) is 8.58. The van der Waals surface area contributed by atoms with Crippen LogP contribution in [0.2, 0.25) is 0 Å². The third kappa shape index (κ3) is 4.24. The molecule has 7 heteroatoms. The van der Waals surface area contributed by atoms with Crippen molar-refractivity contribution in [2.45, 2.75) is 26.0 Å². The van der Waals surface area contributed by atoms with Crippen LogP contribution in [0.4, 0.5) is 0 Å². The maximum absolute atomic E-state index is 12.7. The molecule has 1 aliphatic heterocycles. The van der Waals surface area contributed by atoms with Crippen molar-refractivity contribution in [3.8, 4) is 0 Å². The summed E-state index contributed by atoms with van der Waals surface area (Å²) in [6.45, 7) is 6.21. The van der Waals surface area contributed by atoms with Crippen LogP contribution in [0.25, 0.3) is 0 Å². The number of aromatic nitrogens is 3. The zero-order valence-corrected chi connectivity index (χ0v) is 15.0. The number of amides is 1. The zero-order valence-electron chi connectivity index (χ0n) is 15.0. The van der Waals surface area contributed by atoms with Crippen molar-refractivity contribution in [1.29, 1.82) is 0 Å². The van der Waals surface area contributed by atoms with Gasteiger partial charge in [0.25, 0.3) is 0 Å². The molecule has 1 aliphatic rings. The van der Waals surface area contributed by atoms with E-state index in [4.69, 9.17) is 4.74 Å². The standard InChI is InChI=1S/C18H25N5O2/c1-13(15-7-5-4-6-8-15)22(3)17(24)12-23-9-10-25-16(11-23)18-19-14(2)20-21-18/h4-8,13,16H,9-12H2,1-3H3,(H,19,20,21)/t13-,16+/m1/s1. The van der Waals surface area contributed by atoms with Crippen molar-refractivity contribution in [2.24, 2.45) is 0 Å². The van der Waals surface area contributed by atoms with E-state index in [0.717, 1.165) is 17.9 Å². The van der Waals surface area contributed by atoms with E-state index in [0.29, 0.717) is 25.5 Å². The molecule has 2 atom stereocenters.